The van der Waals surface area contributed by atoms with E-state index in [9.17, 15) is 10.1 Å². The number of rotatable bonds is 4. The van der Waals surface area contributed by atoms with Gasteiger partial charge in [0.25, 0.3) is 5.69 Å². The summed E-state index contributed by atoms with van der Waals surface area (Å²) < 4.78 is 5.91. The summed E-state index contributed by atoms with van der Waals surface area (Å²) in [6.07, 6.45) is 5.28. The maximum absolute atomic E-state index is 10.7. The SMILES string of the molecule is C#CC(C)(C)OCc1ccc(Br)c([N+](=O)[O-])c1. The van der Waals surface area contributed by atoms with Gasteiger partial charge in [0.05, 0.1) is 16.0 Å². The first-order valence-corrected chi connectivity index (χ1v) is 5.69. The Balaban J connectivity index is 2.84. The number of nitro benzene ring substituents is 1. The average molecular weight is 298 g/mol. The van der Waals surface area contributed by atoms with Crippen LogP contribution in [0.4, 0.5) is 5.69 Å². The molecule has 4 nitrogen and oxygen atoms in total. The second-order valence-electron chi connectivity index (χ2n) is 3.99. The van der Waals surface area contributed by atoms with E-state index in [2.05, 4.69) is 21.9 Å². The third-order valence-corrected chi connectivity index (χ3v) is 2.83. The highest BCUT2D eigenvalue weighted by molar-refractivity contribution is 9.10. The highest BCUT2D eigenvalue weighted by atomic mass is 79.9. The van der Waals surface area contributed by atoms with Crippen LogP contribution < -0.4 is 0 Å². The van der Waals surface area contributed by atoms with Crippen molar-refractivity contribution in [2.75, 3.05) is 0 Å². The Morgan fingerprint density at radius 2 is 2.24 bits per heavy atom. The molecule has 0 unspecified atom stereocenters. The molecule has 0 amide bonds. The lowest BCUT2D eigenvalue weighted by Gasteiger charge is -2.18. The van der Waals surface area contributed by atoms with Gasteiger partial charge in [0.15, 0.2) is 0 Å². The van der Waals surface area contributed by atoms with E-state index in [-0.39, 0.29) is 12.3 Å². The highest BCUT2D eigenvalue weighted by Gasteiger charge is 2.16. The maximum atomic E-state index is 10.7. The van der Waals surface area contributed by atoms with Gasteiger partial charge in [-0.1, -0.05) is 12.0 Å². The second-order valence-corrected chi connectivity index (χ2v) is 4.84. The van der Waals surface area contributed by atoms with Crippen LogP contribution in [0.2, 0.25) is 0 Å². The first-order valence-electron chi connectivity index (χ1n) is 4.90. The molecule has 5 heteroatoms. The van der Waals surface area contributed by atoms with E-state index in [1.54, 1.807) is 26.0 Å². The molecule has 0 radical (unpaired) electrons. The van der Waals surface area contributed by atoms with Crippen LogP contribution in [0.15, 0.2) is 22.7 Å². The lowest BCUT2D eigenvalue weighted by Crippen LogP contribution is -2.21. The number of terminal acetylenes is 1. The molecule has 0 aliphatic rings. The van der Waals surface area contributed by atoms with Crippen molar-refractivity contribution in [3.05, 3.63) is 38.3 Å². The van der Waals surface area contributed by atoms with Crippen LogP contribution in [0.25, 0.3) is 0 Å². The van der Waals surface area contributed by atoms with Gasteiger partial charge in [-0.05, 0) is 41.4 Å². The summed E-state index contributed by atoms with van der Waals surface area (Å²) in [5.74, 6) is 2.49. The Labute approximate surface area is 108 Å². The fourth-order valence-corrected chi connectivity index (χ4v) is 1.48. The minimum absolute atomic E-state index is 0.0182. The van der Waals surface area contributed by atoms with Crippen molar-refractivity contribution in [2.24, 2.45) is 0 Å². The fourth-order valence-electron chi connectivity index (χ4n) is 1.09. The number of hydrogen-bond donors (Lipinski definition) is 0. The summed E-state index contributed by atoms with van der Waals surface area (Å²) in [6.45, 7) is 3.77. The van der Waals surface area contributed by atoms with E-state index in [0.717, 1.165) is 0 Å². The molecular weight excluding hydrogens is 286 g/mol. The third-order valence-electron chi connectivity index (χ3n) is 2.15. The molecule has 0 aliphatic heterocycles. The van der Waals surface area contributed by atoms with Crippen molar-refractivity contribution in [1.82, 2.24) is 0 Å². The third kappa shape index (κ3) is 3.84. The van der Waals surface area contributed by atoms with Gasteiger partial charge in [-0.3, -0.25) is 10.1 Å². The van der Waals surface area contributed by atoms with Crippen LogP contribution in [0.5, 0.6) is 0 Å². The molecule has 90 valence electrons. The summed E-state index contributed by atoms with van der Waals surface area (Å²) in [5, 5.41) is 10.7. The van der Waals surface area contributed by atoms with Gasteiger partial charge in [0, 0.05) is 6.07 Å². The topological polar surface area (TPSA) is 52.4 Å². The minimum Gasteiger partial charge on any atom is -0.358 e. The summed E-state index contributed by atoms with van der Waals surface area (Å²) in [7, 11) is 0. The number of nitro groups is 1. The monoisotopic (exact) mass is 297 g/mol. The van der Waals surface area contributed by atoms with E-state index in [1.807, 2.05) is 0 Å². The summed E-state index contributed by atoms with van der Waals surface area (Å²) in [6, 6.07) is 4.85. The van der Waals surface area contributed by atoms with Gasteiger partial charge in [0.1, 0.15) is 5.60 Å². The molecule has 1 aromatic rings. The van der Waals surface area contributed by atoms with E-state index in [0.29, 0.717) is 10.0 Å². The molecular formula is C12H12BrNO3. The zero-order valence-corrected chi connectivity index (χ0v) is 11.2. The standard InChI is InChI=1S/C12H12BrNO3/c1-4-12(2,3)17-8-9-5-6-10(13)11(7-9)14(15)16/h1,5-7H,8H2,2-3H3. The predicted octanol–water partition coefficient (Wildman–Crippen LogP) is 3.29. The number of hydrogen-bond acceptors (Lipinski definition) is 3. The van der Waals surface area contributed by atoms with Gasteiger partial charge < -0.3 is 4.74 Å². The molecule has 0 saturated heterocycles. The first-order chi connectivity index (χ1) is 7.85. The fraction of sp³-hybridized carbons (Fsp3) is 0.333. The summed E-state index contributed by atoms with van der Waals surface area (Å²) in [5.41, 5.74) is 0.0508. The predicted molar refractivity (Wildman–Crippen MR) is 68.5 cm³/mol. The molecule has 1 rings (SSSR count). The second kappa shape index (κ2) is 5.30. The summed E-state index contributed by atoms with van der Waals surface area (Å²) >= 11 is 3.12. The van der Waals surface area contributed by atoms with Gasteiger partial charge in [0.2, 0.25) is 0 Å². The number of nitrogens with zero attached hydrogens (tertiary/aromatic N) is 1. The zero-order valence-electron chi connectivity index (χ0n) is 9.57. The first kappa shape index (κ1) is 13.7. The van der Waals surface area contributed by atoms with E-state index < -0.39 is 10.5 Å². The Bertz CT molecular complexity index is 477. The van der Waals surface area contributed by atoms with E-state index in [4.69, 9.17) is 11.2 Å². The molecule has 0 saturated carbocycles. The normalized spacial score (nSPS) is 10.9. The highest BCUT2D eigenvalue weighted by Crippen LogP contribution is 2.26. The van der Waals surface area contributed by atoms with Crippen LogP contribution in [0, 0.1) is 22.5 Å². The van der Waals surface area contributed by atoms with Crippen LogP contribution in [-0.4, -0.2) is 10.5 Å². The van der Waals surface area contributed by atoms with E-state index >= 15 is 0 Å². The minimum atomic E-state index is -0.679. The zero-order chi connectivity index (χ0) is 13.1. The van der Waals surface area contributed by atoms with Crippen molar-refractivity contribution < 1.29 is 9.66 Å². The maximum Gasteiger partial charge on any atom is 0.283 e. The molecule has 0 spiro atoms. The van der Waals surface area contributed by atoms with Crippen LogP contribution in [0.1, 0.15) is 19.4 Å². The van der Waals surface area contributed by atoms with Crippen LogP contribution in [0.3, 0.4) is 0 Å². The molecule has 17 heavy (non-hydrogen) atoms. The lowest BCUT2D eigenvalue weighted by molar-refractivity contribution is -0.385. The van der Waals surface area contributed by atoms with Crippen molar-refractivity contribution >= 4 is 21.6 Å². The van der Waals surface area contributed by atoms with Crippen molar-refractivity contribution in [1.29, 1.82) is 0 Å². The molecule has 0 aromatic heterocycles. The number of benzene rings is 1. The van der Waals surface area contributed by atoms with Gasteiger partial charge in [-0.15, -0.1) is 6.42 Å². The Morgan fingerprint density at radius 1 is 1.59 bits per heavy atom. The van der Waals surface area contributed by atoms with Crippen molar-refractivity contribution in [3.63, 3.8) is 0 Å². The van der Waals surface area contributed by atoms with E-state index in [1.165, 1.54) is 6.07 Å². The smallest absolute Gasteiger partial charge is 0.283 e. The van der Waals surface area contributed by atoms with Crippen LogP contribution >= 0.6 is 15.9 Å². The average Bonchev–Trinajstić information content (AvgIpc) is 2.27. The van der Waals surface area contributed by atoms with Crippen molar-refractivity contribution in [2.45, 2.75) is 26.1 Å². The molecule has 0 bridgehead atoms. The molecule has 0 fully saturated rings. The van der Waals surface area contributed by atoms with Gasteiger partial charge >= 0.3 is 0 Å². The van der Waals surface area contributed by atoms with Gasteiger partial charge in [-0.2, -0.15) is 0 Å². The molecule has 0 N–H and O–H groups in total. The summed E-state index contributed by atoms with van der Waals surface area (Å²) in [4.78, 5) is 10.3. The molecule has 0 atom stereocenters. The quantitative estimate of drug-likeness (QED) is 0.487. The Morgan fingerprint density at radius 3 is 2.76 bits per heavy atom. The van der Waals surface area contributed by atoms with Crippen molar-refractivity contribution in [3.8, 4) is 12.3 Å². The van der Waals surface area contributed by atoms with Crippen LogP contribution in [-0.2, 0) is 11.3 Å². The Kier molecular flexibility index (Phi) is 4.27. The number of halogens is 1. The van der Waals surface area contributed by atoms with Gasteiger partial charge in [-0.25, -0.2) is 0 Å². The largest absolute Gasteiger partial charge is 0.358 e. The molecule has 0 aliphatic carbocycles. The molecule has 0 heterocycles. The number of ether oxygens (including phenoxy) is 1. The molecule has 1 aromatic carbocycles. The lowest BCUT2D eigenvalue weighted by atomic mass is 10.1. The Hall–Kier alpha value is -1.38.